The molecule has 0 aliphatic rings. The van der Waals surface area contributed by atoms with Crippen LogP contribution in [0.3, 0.4) is 0 Å². The van der Waals surface area contributed by atoms with Gasteiger partial charge in [-0.1, -0.05) is 26.0 Å². The molecule has 2 rings (SSSR count). The molecule has 2 aromatic rings. The van der Waals surface area contributed by atoms with Gasteiger partial charge in [-0.15, -0.1) is 0 Å². The van der Waals surface area contributed by atoms with Crippen LogP contribution < -0.4 is 10.6 Å². The first-order valence-corrected chi connectivity index (χ1v) is 6.96. The van der Waals surface area contributed by atoms with Crippen LogP contribution in [0.25, 0.3) is 0 Å². The van der Waals surface area contributed by atoms with Gasteiger partial charge in [-0.05, 0) is 18.1 Å². The van der Waals surface area contributed by atoms with Crippen molar-refractivity contribution in [3.05, 3.63) is 47.9 Å². The number of nitrogens with one attached hydrogen (secondary N) is 2. The summed E-state index contributed by atoms with van der Waals surface area (Å²) in [6, 6.07) is 10.8. The van der Waals surface area contributed by atoms with Crippen LogP contribution in [0.4, 0.5) is 11.5 Å². The molecule has 1 aromatic carbocycles. The van der Waals surface area contributed by atoms with E-state index in [4.69, 9.17) is 5.26 Å². The van der Waals surface area contributed by atoms with Crippen molar-refractivity contribution in [3.63, 3.8) is 0 Å². The fourth-order valence-corrected chi connectivity index (χ4v) is 1.76. The first-order chi connectivity index (χ1) is 10.6. The molecule has 1 amide bonds. The lowest BCUT2D eigenvalue weighted by Crippen LogP contribution is -2.28. The Balaban J connectivity index is 2.15. The average Bonchev–Trinajstić information content (AvgIpc) is 2.53. The standard InChI is InChI=1S/C16H17N5O/c1-11(2)9-18-16(22)14-7-15(20-10-19-14)21-13-6-4-3-5-12(13)8-17/h3-7,10-11H,9H2,1-2H3,(H,18,22)(H,19,20,21). The van der Waals surface area contributed by atoms with E-state index in [0.29, 0.717) is 29.5 Å². The lowest BCUT2D eigenvalue weighted by Gasteiger charge is -2.09. The molecule has 0 fully saturated rings. The molecule has 2 N–H and O–H groups in total. The predicted octanol–water partition coefficient (Wildman–Crippen LogP) is 2.48. The van der Waals surface area contributed by atoms with E-state index in [1.807, 2.05) is 19.9 Å². The Morgan fingerprint density at radius 2 is 2.09 bits per heavy atom. The molecule has 0 bridgehead atoms. The van der Waals surface area contributed by atoms with Crippen molar-refractivity contribution in [2.45, 2.75) is 13.8 Å². The predicted molar refractivity (Wildman–Crippen MR) is 83.6 cm³/mol. The summed E-state index contributed by atoms with van der Waals surface area (Å²) >= 11 is 0. The van der Waals surface area contributed by atoms with Crippen molar-refractivity contribution < 1.29 is 4.79 Å². The van der Waals surface area contributed by atoms with Gasteiger partial charge in [0.25, 0.3) is 5.91 Å². The number of aromatic nitrogens is 2. The number of carbonyl (C=O) groups excluding carboxylic acids is 1. The Morgan fingerprint density at radius 1 is 1.32 bits per heavy atom. The molecule has 0 saturated carbocycles. The molecule has 0 radical (unpaired) electrons. The maximum atomic E-state index is 12.0. The van der Waals surface area contributed by atoms with Gasteiger partial charge in [-0.3, -0.25) is 4.79 Å². The van der Waals surface area contributed by atoms with E-state index in [0.717, 1.165) is 0 Å². The fraction of sp³-hybridized carbons (Fsp3) is 0.250. The molecule has 1 heterocycles. The Bertz CT molecular complexity index is 706. The SMILES string of the molecule is CC(C)CNC(=O)c1cc(Nc2ccccc2C#N)ncn1. The number of carbonyl (C=O) groups is 1. The van der Waals surface area contributed by atoms with E-state index < -0.39 is 0 Å². The van der Waals surface area contributed by atoms with Crippen LogP contribution in [0.5, 0.6) is 0 Å². The van der Waals surface area contributed by atoms with E-state index in [1.54, 1.807) is 24.3 Å². The molecule has 0 unspecified atom stereocenters. The molecular formula is C16H17N5O. The fourth-order valence-electron chi connectivity index (χ4n) is 1.76. The summed E-state index contributed by atoms with van der Waals surface area (Å²) in [5.74, 6) is 0.589. The Labute approximate surface area is 129 Å². The molecule has 0 aliphatic carbocycles. The number of benzene rings is 1. The van der Waals surface area contributed by atoms with Crippen LogP contribution in [0.15, 0.2) is 36.7 Å². The van der Waals surface area contributed by atoms with E-state index in [1.165, 1.54) is 6.33 Å². The molecule has 0 aliphatic heterocycles. The lowest BCUT2D eigenvalue weighted by atomic mass is 10.2. The normalized spacial score (nSPS) is 10.1. The van der Waals surface area contributed by atoms with E-state index in [9.17, 15) is 4.79 Å². The third-order valence-electron chi connectivity index (χ3n) is 2.88. The van der Waals surface area contributed by atoms with Crippen molar-refractivity contribution in [3.8, 4) is 6.07 Å². The number of amides is 1. The maximum Gasteiger partial charge on any atom is 0.270 e. The number of hydrogen-bond acceptors (Lipinski definition) is 5. The smallest absolute Gasteiger partial charge is 0.270 e. The molecule has 0 saturated heterocycles. The van der Waals surface area contributed by atoms with Gasteiger partial charge in [0, 0.05) is 12.6 Å². The van der Waals surface area contributed by atoms with Crippen molar-refractivity contribution in [2.24, 2.45) is 5.92 Å². The topological polar surface area (TPSA) is 90.7 Å². The van der Waals surface area contributed by atoms with Gasteiger partial charge in [-0.2, -0.15) is 5.26 Å². The molecule has 6 heteroatoms. The van der Waals surface area contributed by atoms with Crippen LogP contribution in [0.2, 0.25) is 0 Å². The number of anilines is 2. The van der Waals surface area contributed by atoms with Crippen LogP contribution in [-0.2, 0) is 0 Å². The number of nitriles is 1. The Kier molecular flexibility index (Phi) is 5.04. The van der Waals surface area contributed by atoms with Gasteiger partial charge in [0.2, 0.25) is 0 Å². The summed E-state index contributed by atoms with van der Waals surface area (Å²) in [6.07, 6.45) is 1.32. The first-order valence-electron chi connectivity index (χ1n) is 6.96. The highest BCUT2D eigenvalue weighted by atomic mass is 16.1. The third-order valence-corrected chi connectivity index (χ3v) is 2.88. The molecular weight excluding hydrogens is 278 g/mol. The van der Waals surface area contributed by atoms with Gasteiger partial charge >= 0.3 is 0 Å². The quantitative estimate of drug-likeness (QED) is 0.884. The third kappa shape index (κ3) is 4.03. The molecule has 112 valence electrons. The highest BCUT2D eigenvalue weighted by molar-refractivity contribution is 5.93. The largest absolute Gasteiger partial charge is 0.350 e. The average molecular weight is 295 g/mol. The van der Waals surface area contributed by atoms with Gasteiger partial charge in [0.15, 0.2) is 0 Å². The lowest BCUT2D eigenvalue weighted by molar-refractivity contribution is 0.0944. The van der Waals surface area contributed by atoms with Crippen LogP contribution in [-0.4, -0.2) is 22.4 Å². The van der Waals surface area contributed by atoms with E-state index >= 15 is 0 Å². The monoisotopic (exact) mass is 295 g/mol. The first kappa shape index (κ1) is 15.4. The molecule has 6 nitrogen and oxygen atoms in total. The van der Waals surface area contributed by atoms with Gasteiger partial charge in [-0.25, -0.2) is 9.97 Å². The number of para-hydroxylation sites is 1. The van der Waals surface area contributed by atoms with Crippen molar-refractivity contribution in [1.29, 1.82) is 5.26 Å². The second-order valence-corrected chi connectivity index (χ2v) is 5.17. The molecule has 1 aromatic heterocycles. The number of rotatable bonds is 5. The van der Waals surface area contributed by atoms with Crippen molar-refractivity contribution >= 4 is 17.4 Å². The summed E-state index contributed by atoms with van der Waals surface area (Å²) in [5.41, 5.74) is 1.43. The molecule has 22 heavy (non-hydrogen) atoms. The van der Waals surface area contributed by atoms with E-state index in [2.05, 4.69) is 26.7 Å². The summed E-state index contributed by atoms with van der Waals surface area (Å²) in [5, 5.41) is 14.9. The second kappa shape index (κ2) is 7.18. The minimum absolute atomic E-state index is 0.243. The minimum Gasteiger partial charge on any atom is -0.350 e. The van der Waals surface area contributed by atoms with Gasteiger partial charge < -0.3 is 10.6 Å². The van der Waals surface area contributed by atoms with Crippen LogP contribution in [0, 0.1) is 17.2 Å². The Morgan fingerprint density at radius 3 is 2.82 bits per heavy atom. The maximum absolute atomic E-state index is 12.0. The van der Waals surface area contributed by atoms with Crippen molar-refractivity contribution in [1.82, 2.24) is 15.3 Å². The van der Waals surface area contributed by atoms with E-state index in [-0.39, 0.29) is 11.6 Å². The second-order valence-electron chi connectivity index (χ2n) is 5.17. The Hall–Kier alpha value is -2.94. The molecule has 0 spiro atoms. The zero-order valence-corrected chi connectivity index (χ0v) is 12.5. The summed E-state index contributed by atoms with van der Waals surface area (Å²) in [6.45, 7) is 4.63. The summed E-state index contributed by atoms with van der Waals surface area (Å²) in [7, 11) is 0. The summed E-state index contributed by atoms with van der Waals surface area (Å²) < 4.78 is 0. The summed E-state index contributed by atoms with van der Waals surface area (Å²) in [4.78, 5) is 20.0. The highest BCUT2D eigenvalue weighted by Crippen LogP contribution is 2.18. The van der Waals surface area contributed by atoms with Gasteiger partial charge in [0.05, 0.1) is 11.3 Å². The zero-order chi connectivity index (χ0) is 15.9. The minimum atomic E-state index is -0.243. The van der Waals surface area contributed by atoms with Crippen LogP contribution >= 0.6 is 0 Å². The van der Waals surface area contributed by atoms with Gasteiger partial charge in [0.1, 0.15) is 23.9 Å². The highest BCUT2D eigenvalue weighted by Gasteiger charge is 2.10. The number of hydrogen-bond donors (Lipinski definition) is 2. The zero-order valence-electron chi connectivity index (χ0n) is 12.5. The molecule has 0 atom stereocenters. The van der Waals surface area contributed by atoms with Crippen molar-refractivity contribution in [2.75, 3.05) is 11.9 Å². The van der Waals surface area contributed by atoms with Crippen LogP contribution in [0.1, 0.15) is 29.9 Å². The number of nitrogens with zero attached hydrogens (tertiary/aromatic N) is 3.